The van der Waals surface area contributed by atoms with Gasteiger partial charge in [-0.1, -0.05) is 110 Å². The Bertz CT molecular complexity index is 348. The van der Waals surface area contributed by atoms with Crippen molar-refractivity contribution in [1.29, 1.82) is 0 Å². The SMILES string of the molecule is CCCCCCCCCCCCCCCCCCOS(=O)(=O)O.CCN. The van der Waals surface area contributed by atoms with Crippen molar-refractivity contribution in [2.45, 2.75) is 117 Å². The standard InChI is InChI=1S/C18H38O4S.C2H7N/c1-2-3-4-5-6-7-8-9-10-11-12-13-14-15-16-17-18-22-23(19,20)21;1-2-3/h2-18H2,1H3,(H,19,20,21);2-3H2,1H3. The first-order valence-electron chi connectivity index (χ1n) is 10.8. The van der Waals surface area contributed by atoms with Gasteiger partial charge in [0.15, 0.2) is 0 Å². The van der Waals surface area contributed by atoms with E-state index in [1.54, 1.807) is 0 Å². The van der Waals surface area contributed by atoms with Crippen LogP contribution in [0.5, 0.6) is 0 Å². The molecule has 0 fully saturated rings. The Hall–Kier alpha value is -0.170. The third-order valence-electron chi connectivity index (χ3n) is 4.23. The van der Waals surface area contributed by atoms with Gasteiger partial charge in [0.25, 0.3) is 0 Å². The zero-order chi connectivity index (χ0) is 19.9. The smallest absolute Gasteiger partial charge is 0.331 e. The van der Waals surface area contributed by atoms with E-state index in [-0.39, 0.29) is 6.61 Å². The maximum absolute atomic E-state index is 10.3. The summed E-state index contributed by atoms with van der Waals surface area (Å²) in [4.78, 5) is 0. The van der Waals surface area contributed by atoms with Crippen LogP contribution in [0.2, 0.25) is 0 Å². The summed E-state index contributed by atoms with van der Waals surface area (Å²) in [7, 11) is -4.24. The number of rotatable bonds is 18. The lowest BCUT2D eigenvalue weighted by Gasteiger charge is -2.03. The van der Waals surface area contributed by atoms with Gasteiger partial charge < -0.3 is 5.73 Å². The van der Waals surface area contributed by atoms with Gasteiger partial charge in [-0.25, -0.2) is 4.18 Å². The van der Waals surface area contributed by atoms with Gasteiger partial charge in [-0.15, -0.1) is 0 Å². The summed E-state index contributed by atoms with van der Waals surface area (Å²) < 4.78 is 33.3. The first-order chi connectivity index (χ1) is 12.5. The molecule has 0 atom stereocenters. The molecule has 0 aliphatic carbocycles. The van der Waals surface area contributed by atoms with Crippen molar-refractivity contribution in [2.24, 2.45) is 5.73 Å². The summed E-state index contributed by atoms with van der Waals surface area (Å²) in [6.07, 6.45) is 20.5. The van der Waals surface area contributed by atoms with Gasteiger partial charge in [-0.3, -0.25) is 4.55 Å². The predicted molar refractivity (Wildman–Crippen MR) is 112 cm³/mol. The average Bonchev–Trinajstić information content (AvgIpc) is 2.57. The molecule has 0 aromatic heterocycles. The van der Waals surface area contributed by atoms with E-state index in [0.717, 1.165) is 19.4 Å². The molecule has 0 aliphatic rings. The molecule has 0 saturated heterocycles. The van der Waals surface area contributed by atoms with Gasteiger partial charge in [-0.05, 0) is 13.0 Å². The Morgan fingerprint density at radius 3 is 1.19 bits per heavy atom. The van der Waals surface area contributed by atoms with E-state index in [2.05, 4.69) is 11.1 Å². The highest BCUT2D eigenvalue weighted by Gasteiger charge is 2.02. The Morgan fingerprint density at radius 2 is 0.923 bits per heavy atom. The largest absolute Gasteiger partial charge is 0.397 e. The fourth-order valence-electron chi connectivity index (χ4n) is 2.81. The van der Waals surface area contributed by atoms with Gasteiger partial charge in [0, 0.05) is 0 Å². The second-order valence-electron chi connectivity index (χ2n) is 6.96. The van der Waals surface area contributed by atoms with Crippen LogP contribution in [0.3, 0.4) is 0 Å². The summed E-state index contributed by atoms with van der Waals surface area (Å²) in [6, 6.07) is 0. The van der Waals surface area contributed by atoms with Crippen LogP contribution < -0.4 is 5.73 Å². The van der Waals surface area contributed by atoms with Gasteiger partial charge >= 0.3 is 10.4 Å². The Labute approximate surface area is 163 Å². The van der Waals surface area contributed by atoms with Crippen molar-refractivity contribution < 1.29 is 17.2 Å². The van der Waals surface area contributed by atoms with Crippen LogP contribution in [0.15, 0.2) is 0 Å². The Balaban J connectivity index is 0. The minimum atomic E-state index is -4.24. The molecular formula is C20H45NO4S. The first kappa shape index (κ1) is 28.0. The number of hydrogen-bond donors (Lipinski definition) is 2. The Morgan fingerprint density at radius 1 is 0.654 bits per heavy atom. The summed E-state index contributed by atoms with van der Waals surface area (Å²) in [5, 5.41) is 0. The molecule has 0 heterocycles. The monoisotopic (exact) mass is 395 g/mol. The lowest BCUT2D eigenvalue weighted by molar-refractivity contribution is 0.261. The highest BCUT2D eigenvalue weighted by molar-refractivity contribution is 7.80. The van der Waals surface area contributed by atoms with Crippen LogP contribution in [0.1, 0.15) is 117 Å². The molecule has 3 N–H and O–H groups in total. The van der Waals surface area contributed by atoms with E-state index in [0.29, 0.717) is 6.42 Å². The summed E-state index contributed by atoms with van der Waals surface area (Å²) in [6.45, 7) is 5.01. The van der Waals surface area contributed by atoms with Crippen molar-refractivity contribution in [3.63, 3.8) is 0 Å². The molecule has 0 saturated carbocycles. The predicted octanol–water partition coefficient (Wildman–Crippen LogP) is 6.03. The van der Waals surface area contributed by atoms with E-state index >= 15 is 0 Å². The van der Waals surface area contributed by atoms with E-state index in [1.807, 2.05) is 6.92 Å². The number of hydrogen-bond acceptors (Lipinski definition) is 4. The first-order valence-corrected chi connectivity index (χ1v) is 12.2. The van der Waals surface area contributed by atoms with Crippen LogP contribution in [0.25, 0.3) is 0 Å². The Kier molecular flexibility index (Phi) is 24.7. The third-order valence-corrected chi connectivity index (χ3v) is 4.69. The molecule has 0 rings (SSSR count). The molecule has 0 spiro atoms. The van der Waals surface area contributed by atoms with E-state index in [4.69, 9.17) is 10.3 Å². The molecule has 0 radical (unpaired) electrons. The molecule has 26 heavy (non-hydrogen) atoms. The van der Waals surface area contributed by atoms with Crippen LogP contribution in [0.4, 0.5) is 0 Å². The average molecular weight is 396 g/mol. The zero-order valence-corrected chi connectivity index (χ0v) is 18.2. The maximum atomic E-state index is 10.3. The van der Waals surface area contributed by atoms with E-state index in [1.165, 1.54) is 83.5 Å². The quantitative estimate of drug-likeness (QED) is 0.218. The molecule has 0 aromatic rings. The summed E-state index contributed by atoms with van der Waals surface area (Å²) >= 11 is 0. The van der Waals surface area contributed by atoms with Crippen molar-refractivity contribution >= 4 is 10.4 Å². The maximum Gasteiger partial charge on any atom is 0.397 e. The second-order valence-corrected chi connectivity index (χ2v) is 8.05. The van der Waals surface area contributed by atoms with E-state index in [9.17, 15) is 8.42 Å². The molecule has 5 nitrogen and oxygen atoms in total. The zero-order valence-electron chi connectivity index (χ0n) is 17.4. The molecule has 0 aromatic carbocycles. The molecular weight excluding hydrogens is 350 g/mol. The normalized spacial score (nSPS) is 11.2. The fourth-order valence-corrected chi connectivity index (χ4v) is 3.14. The van der Waals surface area contributed by atoms with Crippen LogP contribution >= 0.6 is 0 Å². The van der Waals surface area contributed by atoms with Gasteiger partial charge in [0.2, 0.25) is 0 Å². The number of unbranched alkanes of at least 4 members (excludes halogenated alkanes) is 15. The molecule has 6 heteroatoms. The van der Waals surface area contributed by atoms with Crippen molar-refractivity contribution in [2.75, 3.05) is 13.2 Å². The minimum Gasteiger partial charge on any atom is -0.331 e. The second kappa shape index (κ2) is 22.9. The van der Waals surface area contributed by atoms with Crippen LogP contribution in [0, 0.1) is 0 Å². The minimum absolute atomic E-state index is 0.0945. The van der Waals surface area contributed by atoms with Crippen LogP contribution in [-0.4, -0.2) is 26.1 Å². The van der Waals surface area contributed by atoms with Gasteiger partial charge in [0.05, 0.1) is 6.61 Å². The molecule has 0 amide bonds. The third kappa shape index (κ3) is 31.6. The van der Waals surface area contributed by atoms with Crippen molar-refractivity contribution in [1.82, 2.24) is 0 Å². The van der Waals surface area contributed by atoms with Gasteiger partial charge in [0.1, 0.15) is 0 Å². The summed E-state index contributed by atoms with van der Waals surface area (Å²) in [5.74, 6) is 0. The highest BCUT2D eigenvalue weighted by atomic mass is 32.3. The summed E-state index contributed by atoms with van der Waals surface area (Å²) in [5.41, 5.74) is 4.85. The van der Waals surface area contributed by atoms with Crippen molar-refractivity contribution in [3.05, 3.63) is 0 Å². The number of nitrogens with two attached hydrogens (primary N) is 1. The lowest BCUT2D eigenvalue weighted by atomic mass is 10.0. The van der Waals surface area contributed by atoms with Gasteiger partial charge in [-0.2, -0.15) is 8.42 Å². The molecule has 0 aliphatic heterocycles. The van der Waals surface area contributed by atoms with E-state index < -0.39 is 10.4 Å². The molecule has 0 unspecified atom stereocenters. The van der Waals surface area contributed by atoms with Crippen LogP contribution in [-0.2, 0) is 14.6 Å². The fraction of sp³-hybridized carbons (Fsp3) is 1.00. The van der Waals surface area contributed by atoms with Crippen molar-refractivity contribution in [3.8, 4) is 0 Å². The topological polar surface area (TPSA) is 89.6 Å². The molecule has 0 bridgehead atoms. The highest BCUT2D eigenvalue weighted by Crippen LogP contribution is 2.13. The molecule has 160 valence electrons. The lowest BCUT2D eigenvalue weighted by Crippen LogP contribution is -2.04.